The first kappa shape index (κ1) is 23.1. The summed E-state index contributed by atoms with van der Waals surface area (Å²) in [7, 11) is 0. The van der Waals surface area contributed by atoms with Crippen molar-refractivity contribution >= 4 is 50.7 Å². The normalized spacial score (nSPS) is 18.1. The van der Waals surface area contributed by atoms with Gasteiger partial charge < -0.3 is 5.11 Å². The van der Waals surface area contributed by atoms with Crippen molar-refractivity contribution in [3.8, 4) is 0 Å². The highest BCUT2D eigenvalue weighted by atomic mass is 79.9. The van der Waals surface area contributed by atoms with Gasteiger partial charge in [-0.3, -0.25) is 14.5 Å². The molecule has 4 nitrogen and oxygen atoms in total. The van der Waals surface area contributed by atoms with Gasteiger partial charge in [0.15, 0.2) is 0 Å². The Labute approximate surface area is 200 Å². The molecule has 0 aliphatic carbocycles. The van der Waals surface area contributed by atoms with E-state index in [1.807, 2.05) is 0 Å². The molecule has 1 unspecified atom stereocenters. The highest BCUT2D eigenvalue weighted by molar-refractivity contribution is 9.10. The summed E-state index contributed by atoms with van der Waals surface area (Å²) in [5.41, 5.74) is -0.651. The van der Waals surface area contributed by atoms with Crippen LogP contribution in [0.1, 0.15) is 22.7 Å². The van der Waals surface area contributed by atoms with Crippen molar-refractivity contribution in [1.82, 2.24) is 0 Å². The van der Waals surface area contributed by atoms with Crippen molar-refractivity contribution in [2.45, 2.75) is 12.2 Å². The zero-order valence-corrected chi connectivity index (χ0v) is 18.9. The summed E-state index contributed by atoms with van der Waals surface area (Å²) >= 11 is 9.26. The fourth-order valence-corrected chi connectivity index (χ4v) is 4.04. The molecule has 1 aliphatic heterocycles. The number of Topliss-reactive ketones (excluding diaryl/α,β-unsaturated/α-hetero) is 1. The molecule has 33 heavy (non-hydrogen) atoms. The third-order valence-electron chi connectivity index (χ3n) is 5.20. The van der Waals surface area contributed by atoms with Crippen LogP contribution < -0.4 is 4.90 Å². The first-order valence-electron chi connectivity index (χ1n) is 9.57. The van der Waals surface area contributed by atoms with E-state index < -0.39 is 35.2 Å². The second-order valence-electron chi connectivity index (χ2n) is 7.28. The van der Waals surface area contributed by atoms with Crippen LogP contribution in [-0.4, -0.2) is 16.8 Å². The minimum Gasteiger partial charge on any atom is -0.507 e. The van der Waals surface area contributed by atoms with Crippen LogP contribution >= 0.6 is 27.5 Å². The van der Waals surface area contributed by atoms with Gasteiger partial charge in [0.2, 0.25) is 0 Å². The predicted molar refractivity (Wildman–Crippen MR) is 122 cm³/mol. The van der Waals surface area contributed by atoms with Gasteiger partial charge in [0.05, 0.1) is 17.2 Å². The molecule has 3 aromatic carbocycles. The number of carbonyl (C=O) groups is 2. The molecule has 0 spiro atoms. The van der Waals surface area contributed by atoms with Gasteiger partial charge >= 0.3 is 6.18 Å². The second-order valence-corrected chi connectivity index (χ2v) is 8.63. The van der Waals surface area contributed by atoms with Gasteiger partial charge in [0.25, 0.3) is 11.7 Å². The number of aliphatic hydroxyl groups is 1. The molecular weight excluding hydrogens is 523 g/mol. The molecule has 168 valence electrons. The van der Waals surface area contributed by atoms with Gasteiger partial charge in [-0.2, -0.15) is 13.2 Å². The number of alkyl halides is 3. The molecule has 4 rings (SSSR count). The van der Waals surface area contributed by atoms with E-state index in [9.17, 15) is 27.9 Å². The Bertz CT molecular complexity index is 1270. The van der Waals surface area contributed by atoms with Crippen molar-refractivity contribution in [2.24, 2.45) is 0 Å². The summed E-state index contributed by atoms with van der Waals surface area (Å²) in [6.45, 7) is 0. The number of nitrogens with zero attached hydrogens (tertiary/aromatic N) is 1. The molecule has 0 aromatic heterocycles. The van der Waals surface area contributed by atoms with E-state index >= 15 is 0 Å². The predicted octanol–water partition coefficient (Wildman–Crippen LogP) is 6.75. The maximum absolute atomic E-state index is 13.3. The lowest BCUT2D eigenvalue weighted by Crippen LogP contribution is -2.29. The van der Waals surface area contributed by atoms with Crippen LogP contribution in [0.5, 0.6) is 0 Å². The Kier molecular flexibility index (Phi) is 6.07. The van der Waals surface area contributed by atoms with Gasteiger partial charge in [-0.1, -0.05) is 57.9 Å². The Morgan fingerprint density at radius 1 is 0.970 bits per heavy atom. The van der Waals surface area contributed by atoms with Crippen LogP contribution in [0, 0.1) is 0 Å². The minimum absolute atomic E-state index is 0.123. The maximum atomic E-state index is 13.3. The number of hydrogen-bond donors (Lipinski definition) is 1. The van der Waals surface area contributed by atoms with Crippen molar-refractivity contribution in [2.75, 3.05) is 4.90 Å². The molecule has 1 atom stereocenters. The highest BCUT2D eigenvalue weighted by Gasteiger charge is 2.47. The number of halogens is 5. The van der Waals surface area contributed by atoms with E-state index in [0.29, 0.717) is 10.6 Å². The molecule has 1 fully saturated rings. The summed E-state index contributed by atoms with van der Waals surface area (Å²) in [4.78, 5) is 27.0. The molecular formula is C24H14BrClF3NO3. The van der Waals surface area contributed by atoms with Crippen molar-refractivity contribution < 1.29 is 27.9 Å². The Hall–Kier alpha value is -3.10. The van der Waals surface area contributed by atoms with E-state index in [1.165, 1.54) is 18.2 Å². The van der Waals surface area contributed by atoms with E-state index in [2.05, 4.69) is 15.9 Å². The lowest BCUT2D eigenvalue weighted by atomic mass is 9.95. The monoisotopic (exact) mass is 535 g/mol. The van der Waals surface area contributed by atoms with Crippen LogP contribution in [0.2, 0.25) is 5.02 Å². The largest absolute Gasteiger partial charge is 0.507 e. The highest BCUT2D eigenvalue weighted by Crippen LogP contribution is 2.43. The van der Waals surface area contributed by atoms with Gasteiger partial charge in [0, 0.05) is 20.7 Å². The number of aliphatic hydroxyl groups excluding tert-OH is 1. The van der Waals surface area contributed by atoms with Crippen molar-refractivity contribution in [1.29, 1.82) is 0 Å². The molecule has 0 saturated carbocycles. The summed E-state index contributed by atoms with van der Waals surface area (Å²) in [5, 5.41) is 11.4. The van der Waals surface area contributed by atoms with Gasteiger partial charge in [0.1, 0.15) is 5.76 Å². The maximum Gasteiger partial charge on any atom is 0.416 e. The average Bonchev–Trinajstić information content (AvgIpc) is 3.04. The molecule has 1 amide bonds. The van der Waals surface area contributed by atoms with Crippen LogP contribution in [0.15, 0.2) is 82.8 Å². The first-order chi connectivity index (χ1) is 15.6. The van der Waals surface area contributed by atoms with Crippen LogP contribution in [0.3, 0.4) is 0 Å². The van der Waals surface area contributed by atoms with Gasteiger partial charge in [-0.15, -0.1) is 0 Å². The second kappa shape index (κ2) is 8.68. The third kappa shape index (κ3) is 4.41. The number of rotatable bonds is 3. The van der Waals surface area contributed by atoms with Crippen LogP contribution in [0.4, 0.5) is 18.9 Å². The van der Waals surface area contributed by atoms with Crippen LogP contribution in [-0.2, 0) is 15.8 Å². The smallest absolute Gasteiger partial charge is 0.416 e. The number of ketones is 1. The Morgan fingerprint density at radius 2 is 1.61 bits per heavy atom. The molecule has 0 bridgehead atoms. The summed E-state index contributed by atoms with van der Waals surface area (Å²) < 4.78 is 40.7. The number of carbonyl (C=O) groups excluding carboxylic acids is 2. The molecule has 1 saturated heterocycles. The van der Waals surface area contributed by atoms with Gasteiger partial charge in [-0.25, -0.2) is 0 Å². The Morgan fingerprint density at radius 3 is 2.21 bits per heavy atom. The lowest BCUT2D eigenvalue weighted by molar-refractivity contribution is -0.137. The fraction of sp³-hybridized carbons (Fsp3) is 0.0833. The molecule has 3 aromatic rings. The minimum atomic E-state index is -4.64. The number of anilines is 1. The van der Waals surface area contributed by atoms with Gasteiger partial charge in [-0.05, 0) is 48.0 Å². The molecule has 1 heterocycles. The third-order valence-corrected chi connectivity index (χ3v) is 5.98. The van der Waals surface area contributed by atoms with Crippen LogP contribution in [0.25, 0.3) is 5.76 Å². The molecule has 1 aliphatic rings. The summed E-state index contributed by atoms with van der Waals surface area (Å²) in [5.74, 6) is -2.49. The lowest BCUT2D eigenvalue weighted by Gasteiger charge is -2.26. The Balaban J connectivity index is 1.94. The average molecular weight is 537 g/mol. The quantitative estimate of drug-likeness (QED) is 0.229. The SMILES string of the molecule is O=C1C(=O)N(c2cccc(C(F)(F)F)c2)C(c2ccc(Cl)cc2)/C1=C(/O)c1ccc(Br)cc1. The summed E-state index contributed by atoms with van der Waals surface area (Å²) in [6, 6.07) is 15.5. The van der Waals surface area contributed by atoms with E-state index in [0.717, 1.165) is 27.6 Å². The molecule has 1 N–H and O–H groups in total. The number of benzene rings is 3. The topological polar surface area (TPSA) is 57.6 Å². The van der Waals surface area contributed by atoms with Crippen molar-refractivity contribution in [3.63, 3.8) is 0 Å². The molecule has 0 radical (unpaired) electrons. The van der Waals surface area contributed by atoms with E-state index in [1.54, 1.807) is 36.4 Å². The zero-order valence-electron chi connectivity index (χ0n) is 16.6. The fourth-order valence-electron chi connectivity index (χ4n) is 3.65. The number of amides is 1. The molecule has 9 heteroatoms. The van der Waals surface area contributed by atoms with Crippen molar-refractivity contribution in [3.05, 3.63) is 105 Å². The van der Waals surface area contributed by atoms with E-state index in [-0.39, 0.29) is 16.8 Å². The van der Waals surface area contributed by atoms with E-state index in [4.69, 9.17) is 11.6 Å². The first-order valence-corrected chi connectivity index (χ1v) is 10.7. The summed E-state index contributed by atoms with van der Waals surface area (Å²) in [6.07, 6.45) is -4.64. The standard InChI is InChI=1S/C24H14BrClF3NO3/c25-16-8-4-14(5-9-16)21(31)19-20(13-6-10-17(26)11-7-13)30(23(33)22(19)32)18-3-1-2-15(12-18)24(27,28)29/h1-12,20,31H/b21-19-. The number of hydrogen-bond acceptors (Lipinski definition) is 3. The zero-order chi connectivity index (χ0) is 23.9.